The van der Waals surface area contributed by atoms with Gasteiger partial charge in [0.1, 0.15) is 0 Å². The largest absolute Gasteiger partial charge is 0.453 e. The van der Waals surface area contributed by atoms with Gasteiger partial charge >= 0.3 is 12.4 Å². The molecule has 7 aromatic rings. The van der Waals surface area contributed by atoms with Crippen molar-refractivity contribution in [2.45, 2.75) is 50.4 Å². The molecule has 1 fully saturated rings. The van der Waals surface area contributed by atoms with E-state index in [2.05, 4.69) is 9.80 Å². The van der Waals surface area contributed by atoms with E-state index < -0.39 is 23.5 Å². The third-order valence-corrected chi connectivity index (χ3v) is 11.7. The van der Waals surface area contributed by atoms with E-state index in [1.807, 2.05) is 103 Å². The molecular weight excluding hydrogens is 775 g/mol. The molecule has 0 saturated heterocycles. The minimum atomic E-state index is -4.57. The Bertz CT molecular complexity index is 2470. The second kappa shape index (κ2) is 14.5. The van der Waals surface area contributed by atoms with Crippen LogP contribution in [0.3, 0.4) is 0 Å². The first-order valence-electron chi connectivity index (χ1n) is 19.9. The first-order valence-corrected chi connectivity index (χ1v) is 19.9. The predicted octanol–water partition coefficient (Wildman–Crippen LogP) is 16.3. The maximum absolute atomic E-state index is 14.1. The molecule has 7 aromatic carbocycles. The van der Waals surface area contributed by atoms with E-state index in [1.54, 1.807) is 0 Å². The van der Waals surface area contributed by atoms with Crippen LogP contribution in [0, 0.1) is 0 Å². The Balaban J connectivity index is 1.39. The number of hydrogen-bond donors (Lipinski definition) is 0. The fourth-order valence-electron chi connectivity index (χ4n) is 8.95. The molecule has 4 nitrogen and oxygen atoms in total. The molecule has 1 saturated carbocycles. The molecular formula is C50H36F6N2O2. The van der Waals surface area contributed by atoms with Crippen molar-refractivity contribution >= 4 is 34.1 Å². The van der Waals surface area contributed by atoms with Crippen molar-refractivity contribution in [2.24, 2.45) is 0 Å². The second-order valence-corrected chi connectivity index (χ2v) is 15.3. The van der Waals surface area contributed by atoms with Gasteiger partial charge in [0.2, 0.25) is 0 Å². The van der Waals surface area contributed by atoms with Crippen molar-refractivity contribution in [3.8, 4) is 45.3 Å². The van der Waals surface area contributed by atoms with Crippen LogP contribution in [0.4, 0.5) is 60.5 Å². The second-order valence-electron chi connectivity index (χ2n) is 15.3. The van der Waals surface area contributed by atoms with Crippen molar-refractivity contribution in [2.75, 3.05) is 9.80 Å². The Kier molecular flexibility index (Phi) is 9.11. The zero-order valence-electron chi connectivity index (χ0n) is 32.0. The highest BCUT2D eigenvalue weighted by Crippen LogP contribution is 2.62. The minimum Gasteiger partial charge on any atom is -0.453 e. The van der Waals surface area contributed by atoms with Crippen molar-refractivity contribution in [1.29, 1.82) is 0 Å². The molecule has 0 unspecified atom stereocenters. The first kappa shape index (κ1) is 37.6. The standard InChI is InChI=1S/C50H36F6N2O2/c51-49(52,53)34-26-22-31(23-27-34)36-30-37(32-24-28-35(29-25-32)50(54,55)56)48(58-40-16-6-10-20-44(40)60-45-21-11-7-17-41(45)58)46(33-12-2-1-3-13-33)47(36)57-38-14-4-8-18-42(38)59-43-19-9-5-15-39(43)57/h4-11,14-30,33H,1-3,12-13H2. The van der Waals surface area contributed by atoms with Crippen LogP contribution in [-0.4, -0.2) is 0 Å². The van der Waals surface area contributed by atoms with Crippen molar-refractivity contribution in [1.82, 2.24) is 0 Å². The molecule has 2 aliphatic heterocycles. The minimum absolute atomic E-state index is 0.0734. The molecule has 2 heterocycles. The van der Waals surface area contributed by atoms with Gasteiger partial charge in [0.25, 0.3) is 0 Å². The summed E-state index contributed by atoms with van der Waals surface area (Å²) in [5, 5.41) is 0. The maximum atomic E-state index is 14.1. The van der Waals surface area contributed by atoms with Gasteiger partial charge in [0, 0.05) is 16.7 Å². The summed E-state index contributed by atoms with van der Waals surface area (Å²) in [5.41, 5.74) is 6.03. The highest BCUT2D eigenvalue weighted by Gasteiger charge is 2.39. The summed E-state index contributed by atoms with van der Waals surface area (Å²) in [6.07, 6.45) is -4.59. The molecule has 0 aromatic heterocycles. The van der Waals surface area contributed by atoms with Gasteiger partial charge in [0.15, 0.2) is 23.0 Å². The van der Waals surface area contributed by atoms with Crippen molar-refractivity contribution < 1.29 is 35.8 Å². The zero-order chi connectivity index (χ0) is 41.2. The van der Waals surface area contributed by atoms with E-state index in [0.717, 1.165) is 96.1 Å². The monoisotopic (exact) mass is 810 g/mol. The van der Waals surface area contributed by atoms with E-state index >= 15 is 0 Å². The number of benzene rings is 7. The summed E-state index contributed by atoms with van der Waals surface area (Å²) in [6.45, 7) is 0. The third-order valence-electron chi connectivity index (χ3n) is 11.7. The fourth-order valence-corrected chi connectivity index (χ4v) is 8.95. The fraction of sp³-hybridized carbons (Fsp3) is 0.160. The molecule has 1 aliphatic carbocycles. The number of para-hydroxylation sites is 8. The summed E-state index contributed by atoms with van der Waals surface area (Å²) in [6, 6.07) is 42.9. The normalized spacial score (nSPS) is 15.0. The smallest absolute Gasteiger partial charge is 0.416 e. The summed E-state index contributed by atoms with van der Waals surface area (Å²) in [5.74, 6) is 2.31. The van der Waals surface area contributed by atoms with Crippen LogP contribution in [0.15, 0.2) is 152 Å². The van der Waals surface area contributed by atoms with Crippen LogP contribution < -0.4 is 19.3 Å². The molecule has 0 bridgehead atoms. The van der Waals surface area contributed by atoms with Crippen LogP contribution in [0.2, 0.25) is 0 Å². The highest BCUT2D eigenvalue weighted by atomic mass is 19.4. The SMILES string of the molecule is FC(F)(F)c1ccc(-c2cc(-c3ccc(C(F)(F)F)cc3)c(N3c4ccccc4Oc4ccccc43)c(C3CCCCC3)c2N2c3ccccc3Oc3ccccc32)cc1. The molecule has 10 rings (SSSR count). The number of nitrogens with zero attached hydrogens (tertiary/aromatic N) is 2. The van der Waals surface area contributed by atoms with Crippen molar-refractivity contribution in [3.63, 3.8) is 0 Å². The number of alkyl halides is 6. The Hall–Kier alpha value is -6.68. The first-order chi connectivity index (χ1) is 29.0. The predicted molar refractivity (Wildman–Crippen MR) is 223 cm³/mol. The van der Waals surface area contributed by atoms with Crippen LogP contribution in [0.5, 0.6) is 23.0 Å². The molecule has 3 aliphatic rings. The number of fused-ring (bicyclic) bond motifs is 4. The molecule has 0 amide bonds. The molecule has 300 valence electrons. The number of rotatable bonds is 5. The molecule has 0 N–H and O–H groups in total. The Morgan fingerprint density at radius 1 is 0.417 bits per heavy atom. The van der Waals surface area contributed by atoms with Gasteiger partial charge in [-0.05, 0) is 109 Å². The van der Waals surface area contributed by atoms with Crippen LogP contribution in [0.1, 0.15) is 54.7 Å². The Morgan fingerprint density at radius 3 is 1.08 bits per heavy atom. The van der Waals surface area contributed by atoms with E-state index in [-0.39, 0.29) is 5.92 Å². The van der Waals surface area contributed by atoms with Crippen molar-refractivity contribution in [3.05, 3.63) is 168 Å². The van der Waals surface area contributed by atoms with Gasteiger partial charge in [-0.3, -0.25) is 0 Å². The van der Waals surface area contributed by atoms with Gasteiger partial charge in [0.05, 0.1) is 45.3 Å². The van der Waals surface area contributed by atoms with Crippen LogP contribution in [0.25, 0.3) is 22.3 Å². The van der Waals surface area contributed by atoms with Crippen LogP contribution >= 0.6 is 0 Å². The topological polar surface area (TPSA) is 24.9 Å². The Morgan fingerprint density at radius 2 is 0.750 bits per heavy atom. The quantitative estimate of drug-likeness (QED) is 0.162. The maximum Gasteiger partial charge on any atom is 0.416 e. The third kappa shape index (κ3) is 6.51. The average molecular weight is 811 g/mol. The van der Waals surface area contributed by atoms with E-state index in [1.165, 1.54) is 24.3 Å². The lowest BCUT2D eigenvalue weighted by atomic mass is 9.78. The molecule has 0 atom stereocenters. The number of ether oxygens (including phenoxy) is 2. The van der Waals surface area contributed by atoms with Gasteiger partial charge in [-0.2, -0.15) is 26.3 Å². The van der Waals surface area contributed by atoms with Gasteiger partial charge < -0.3 is 19.3 Å². The van der Waals surface area contributed by atoms with Gasteiger partial charge in [-0.1, -0.05) is 92.1 Å². The number of halogens is 6. The highest BCUT2D eigenvalue weighted by molar-refractivity contribution is 6.04. The van der Waals surface area contributed by atoms with Crippen LogP contribution in [-0.2, 0) is 12.4 Å². The lowest BCUT2D eigenvalue weighted by Crippen LogP contribution is -2.24. The van der Waals surface area contributed by atoms with Gasteiger partial charge in [-0.25, -0.2) is 0 Å². The van der Waals surface area contributed by atoms with Gasteiger partial charge in [-0.15, -0.1) is 0 Å². The summed E-state index contributed by atoms with van der Waals surface area (Å²) >= 11 is 0. The van der Waals surface area contributed by atoms with E-state index in [0.29, 0.717) is 45.3 Å². The lowest BCUT2D eigenvalue weighted by molar-refractivity contribution is -0.138. The molecule has 10 heteroatoms. The summed E-state index contributed by atoms with van der Waals surface area (Å²) in [7, 11) is 0. The Labute approximate surface area is 342 Å². The zero-order valence-corrected chi connectivity index (χ0v) is 32.0. The average Bonchev–Trinajstić information content (AvgIpc) is 3.26. The molecule has 60 heavy (non-hydrogen) atoms. The molecule has 0 radical (unpaired) electrons. The molecule has 0 spiro atoms. The summed E-state index contributed by atoms with van der Waals surface area (Å²) in [4.78, 5) is 4.31. The number of anilines is 6. The number of hydrogen-bond acceptors (Lipinski definition) is 4. The van der Waals surface area contributed by atoms with E-state index in [4.69, 9.17) is 9.47 Å². The lowest BCUT2D eigenvalue weighted by Gasteiger charge is -2.42. The van der Waals surface area contributed by atoms with E-state index in [9.17, 15) is 26.3 Å². The summed E-state index contributed by atoms with van der Waals surface area (Å²) < 4.78 is 97.7.